The van der Waals surface area contributed by atoms with Gasteiger partial charge in [0.15, 0.2) is 0 Å². The van der Waals surface area contributed by atoms with E-state index in [2.05, 4.69) is 47.6 Å². The molecule has 0 aromatic heterocycles. The van der Waals surface area contributed by atoms with E-state index < -0.39 is 11.7 Å². The standard InChI is InChI=1S/C31H35F3N2O/c1-22(2)37-30-21-26(16-12-23(30)3)29(19-15-24-13-17-27(18-14-24)31(32,33)34)36-28(11-8-20-35-4)25-9-6-5-7-10-25/h5-14,16-18,21,28-29,35-36H,1,15,19-20H2,2-4H3/b11-8+/t28-,29+/m0/s1. The van der Waals surface area contributed by atoms with Crippen molar-refractivity contribution in [3.8, 4) is 5.75 Å². The van der Waals surface area contributed by atoms with Gasteiger partial charge in [-0.25, -0.2) is 0 Å². The molecule has 3 aromatic rings. The lowest BCUT2D eigenvalue weighted by atomic mass is 9.95. The Kier molecular flexibility index (Phi) is 10.1. The first kappa shape index (κ1) is 28.2. The second kappa shape index (κ2) is 13.3. The van der Waals surface area contributed by atoms with Crippen LogP contribution in [-0.2, 0) is 12.6 Å². The summed E-state index contributed by atoms with van der Waals surface area (Å²) in [4.78, 5) is 0. The molecule has 0 fully saturated rings. The fourth-order valence-corrected chi connectivity index (χ4v) is 4.11. The van der Waals surface area contributed by atoms with Crippen LogP contribution in [0.3, 0.4) is 0 Å². The van der Waals surface area contributed by atoms with Crippen LogP contribution in [0, 0.1) is 6.92 Å². The summed E-state index contributed by atoms with van der Waals surface area (Å²) >= 11 is 0. The molecule has 0 saturated heterocycles. The second-order valence-electron chi connectivity index (χ2n) is 9.16. The molecular weight excluding hydrogens is 473 g/mol. The summed E-state index contributed by atoms with van der Waals surface area (Å²) in [7, 11) is 1.90. The smallest absolute Gasteiger partial charge is 0.416 e. The van der Waals surface area contributed by atoms with Crippen molar-refractivity contribution in [1.29, 1.82) is 0 Å². The Morgan fingerprint density at radius 2 is 1.70 bits per heavy atom. The van der Waals surface area contributed by atoms with Crippen LogP contribution in [0.2, 0.25) is 0 Å². The molecule has 2 atom stereocenters. The summed E-state index contributed by atoms with van der Waals surface area (Å²) in [6.07, 6.45) is 1.18. The lowest BCUT2D eigenvalue weighted by Crippen LogP contribution is -2.26. The van der Waals surface area contributed by atoms with Gasteiger partial charge >= 0.3 is 6.18 Å². The van der Waals surface area contributed by atoms with Gasteiger partial charge < -0.3 is 10.1 Å². The van der Waals surface area contributed by atoms with Crippen molar-refractivity contribution in [3.63, 3.8) is 0 Å². The first-order valence-corrected chi connectivity index (χ1v) is 12.4. The van der Waals surface area contributed by atoms with Gasteiger partial charge in [-0.2, -0.15) is 13.2 Å². The zero-order chi connectivity index (χ0) is 26.8. The zero-order valence-corrected chi connectivity index (χ0v) is 21.6. The van der Waals surface area contributed by atoms with Crippen molar-refractivity contribution in [2.24, 2.45) is 0 Å². The molecule has 6 heteroatoms. The summed E-state index contributed by atoms with van der Waals surface area (Å²) in [6.45, 7) is 8.40. The molecule has 0 saturated carbocycles. The highest BCUT2D eigenvalue weighted by Gasteiger charge is 2.30. The minimum atomic E-state index is -4.34. The van der Waals surface area contributed by atoms with Crippen LogP contribution < -0.4 is 15.4 Å². The van der Waals surface area contributed by atoms with Gasteiger partial charge in [-0.15, -0.1) is 0 Å². The Labute approximate surface area is 218 Å². The van der Waals surface area contributed by atoms with Gasteiger partial charge in [0, 0.05) is 12.6 Å². The summed E-state index contributed by atoms with van der Waals surface area (Å²) < 4.78 is 44.9. The molecule has 3 nitrogen and oxygen atoms in total. The molecule has 37 heavy (non-hydrogen) atoms. The van der Waals surface area contributed by atoms with E-state index >= 15 is 0 Å². The maximum atomic E-state index is 13.0. The summed E-state index contributed by atoms with van der Waals surface area (Å²) in [5.41, 5.74) is 3.38. The monoisotopic (exact) mass is 508 g/mol. The van der Waals surface area contributed by atoms with E-state index in [9.17, 15) is 13.2 Å². The Balaban J connectivity index is 1.91. The van der Waals surface area contributed by atoms with E-state index in [-0.39, 0.29) is 12.1 Å². The second-order valence-corrected chi connectivity index (χ2v) is 9.16. The minimum absolute atomic E-state index is 0.0565. The van der Waals surface area contributed by atoms with Gasteiger partial charge in [0.2, 0.25) is 0 Å². The number of ether oxygens (including phenoxy) is 1. The number of alkyl halides is 3. The third kappa shape index (κ3) is 8.62. The fourth-order valence-electron chi connectivity index (χ4n) is 4.11. The van der Waals surface area contributed by atoms with Crippen molar-refractivity contribution in [2.75, 3.05) is 13.6 Å². The normalized spacial score (nSPS) is 13.5. The number of hydrogen-bond donors (Lipinski definition) is 2. The first-order chi connectivity index (χ1) is 17.7. The lowest BCUT2D eigenvalue weighted by molar-refractivity contribution is -0.137. The Morgan fingerprint density at radius 3 is 2.32 bits per heavy atom. The van der Waals surface area contributed by atoms with Gasteiger partial charge in [-0.05, 0) is 74.2 Å². The van der Waals surface area contributed by atoms with Crippen LogP contribution in [-0.4, -0.2) is 13.6 Å². The lowest BCUT2D eigenvalue weighted by Gasteiger charge is -2.26. The average Bonchev–Trinajstić information content (AvgIpc) is 2.87. The molecule has 0 heterocycles. The van der Waals surface area contributed by atoms with E-state index in [4.69, 9.17) is 4.74 Å². The molecule has 0 amide bonds. The van der Waals surface area contributed by atoms with Crippen LogP contribution in [0.5, 0.6) is 5.75 Å². The Hall–Kier alpha value is -3.35. The molecule has 2 N–H and O–H groups in total. The summed E-state index contributed by atoms with van der Waals surface area (Å²) in [5.74, 6) is 1.35. The molecule has 3 aromatic carbocycles. The number of benzene rings is 3. The van der Waals surface area contributed by atoms with Crippen molar-refractivity contribution in [3.05, 3.63) is 125 Å². The molecule has 196 valence electrons. The molecule has 0 aliphatic rings. The third-order valence-electron chi connectivity index (χ3n) is 6.09. The van der Waals surface area contributed by atoms with Gasteiger partial charge in [0.05, 0.1) is 17.4 Å². The quantitative estimate of drug-likeness (QED) is 0.194. The van der Waals surface area contributed by atoms with Crippen LogP contribution in [0.1, 0.15) is 53.2 Å². The number of aryl methyl sites for hydroxylation is 2. The maximum absolute atomic E-state index is 13.0. The molecule has 0 aliphatic heterocycles. The number of allylic oxidation sites excluding steroid dienone is 1. The number of halogens is 3. The maximum Gasteiger partial charge on any atom is 0.416 e. The van der Waals surface area contributed by atoms with E-state index in [0.717, 1.165) is 46.7 Å². The number of rotatable bonds is 12. The molecule has 0 unspecified atom stereocenters. The summed E-state index contributed by atoms with van der Waals surface area (Å²) in [6, 6.07) is 21.6. The number of hydrogen-bond acceptors (Lipinski definition) is 3. The van der Waals surface area contributed by atoms with E-state index in [1.165, 1.54) is 0 Å². The average molecular weight is 509 g/mol. The highest BCUT2D eigenvalue weighted by Crippen LogP contribution is 2.32. The fraction of sp³-hybridized carbons (Fsp3) is 0.290. The highest BCUT2D eigenvalue weighted by molar-refractivity contribution is 5.39. The SMILES string of the molecule is C=C(C)Oc1cc([C@@H](CCc2ccc(C(F)(F)F)cc2)N[C@@H](/C=C/CNC)c2ccccc2)ccc1C. The summed E-state index contributed by atoms with van der Waals surface area (Å²) in [5, 5.41) is 6.91. The Bertz CT molecular complexity index is 1170. The van der Waals surface area contributed by atoms with Gasteiger partial charge in [0.1, 0.15) is 5.75 Å². The molecule has 0 spiro atoms. The van der Waals surface area contributed by atoms with Crippen LogP contribution in [0.15, 0.2) is 97.3 Å². The van der Waals surface area contributed by atoms with E-state index in [0.29, 0.717) is 18.6 Å². The van der Waals surface area contributed by atoms with Crippen LogP contribution in [0.4, 0.5) is 13.2 Å². The van der Waals surface area contributed by atoms with Crippen LogP contribution >= 0.6 is 0 Å². The number of likely N-dealkylation sites (N-methyl/N-ethyl adjacent to an activating group) is 1. The molecule has 0 radical (unpaired) electrons. The van der Waals surface area contributed by atoms with Crippen molar-refractivity contribution in [2.45, 2.75) is 44.9 Å². The largest absolute Gasteiger partial charge is 0.462 e. The highest BCUT2D eigenvalue weighted by atomic mass is 19.4. The van der Waals surface area contributed by atoms with Crippen molar-refractivity contribution < 1.29 is 17.9 Å². The third-order valence-corrected chi connectivity index (χ3v) is 6.09. The van der Waals surface area contributed by atoms with E-state index in [1.54, 1.807) is 12.1 Å². The molecular formula is C31H35F3N2O. The van der Waals surface area contributed by atoms with Crippen molar-refractivity contribution >= 4 is 0 Å². The zero-order valence-electron chi connectivity index (χ0n) is 21.6. The molecule has 0 aliphatic carbocycles. The van der Waals surface area contributed by atoms with E-state index in [1.807, 2.05) is 51.2 Å². The predicted octanol–water partition coefficient (Wildman–Crippen LogP) is 7.71. The van der Waals surface area contributed by atoms with Gasteiger partial charge in [-0.3, -0.25) is 5.32 Å². The Morgan fingerprint density at radius 1 is 1.00 bits per heavy atom. The topological polar surface area (TPSA) is 33.3 Å². The van der Waals surface area contributed by atoms with Crippen LogP contribution in [0.25, 0.3) is 0 Å². The van der Waals surface area contributed by atoms with Gasteiger partial charge in [0.25, 0.3) is 0 Å². The van der Waals surface area contributed by atoms with Crippen molar-refractivity contribution in [1.82, 2.24) is 10.6 Å². The van der Waals surface area contributed by atoms with Gasteiger partial charge in [-0.1, -0.05) is 73.3 Å². The molecule has 0 bridgehead atoms. The number of nitrogens with one attached hydrogen (secondary N) is 2. The minimum Gasteiger partial charge on any atom is -0.462 e. The molecule has 3 rings (SSSR count). The first-order valence-electron chi connectivity index (χ1n) is 12.4. The predicted molar refractivity (Wildman–Crippen MR) is 145 cm³/mol.